The highest BCUT2D eigenvalue weighted by atomic mass is 16.1. The second-order valence-electron chi connectivity index (χ2n) is 8.25. The van der Waals surface area contributed by atoms with Gasteiger partial charge in [-0.25, -0.2) is 9.97 Å². The van der Waals surface area contributed by atoms with Crippen LogP contribution in [0, 0.1) is 6.92 Å². The first-order valence-electron chi connectivity index (χ1n) is 11.2. The highest BCUT2D eigenvalue weighted by Crippen LogP contribution is 2.26. The van der Waals surface area contributed by atoms with E-state index in [1.165, 1.54) is 12.0 Å². The lowest BCUT2D eigenvalue weighted by molar-refractivity contribution is 0.102. The van der Waals surface area contributed by atoms with Gasteiger partial charge >= 0.3 is 0 Å². The summed E-state index contributed by atoms with van der Waals surface area (Å²) in [6, 6.07) is 20.2. The minimum absolute atomic E-state index is 0.163. The summed E-state index contributed by atoms with van der Waals surface area (Å²) in [4.78, 5) is 24.4. The van der Waals surface area contributed by atoms with Crippen molar-refractivity contribution in [1.82, 2.24) is 14.9 Å². The number of anilines is 1. The number of benzene rings is 2. The maximum Gasteiger partial charge on any atom is 0.259 e. The van der Waals surface area contributed by atoms with Crippen molar-refractivity contribution in [3.05, 3.63) is 89.5 Å². The van der Waals surface area contributed by atoms with Crippen molar-refractivity contribution in [3.8, 4) is 0 Å². The monoisotopic (exact) mass is 414 g/mol. The largest absolute Gasteiger partial charge is 0.322 e. The van der Waals surface area contributed by atoms with Crippen molar-refractivity contribution in [3.63, 3.8) is 0 Å². The number of rotatable bonds is 7. The Bertz CT molecular complexity index is 983. The average molecular weight is 415 g/mol. The molecule has 0 saturated carbocycles. The fourth-order valence-electron chi connectivity index (χ4n) is 4.19. The predicted molar refractivity (Wildman–Crippen MR) is 124 cm³/mol. The van der Waals surface area contributed by atoms with Gasteiger partial charge < -0.3 is 10.2 Å². The minimum atomic E-state index is -0.163. The molecule has 160 valence electrons. The average Bonchev–Trinajstić information content (AvgIpc) is 2.81. The van der Waals surface area contributed by atoms with Gasteiger partial charge in [-0.05, 0) is 69.9 Å². The number of aryl methyl sites for hydroxylation is 2. The van der Waals surface area contributed by atoms with Crippen LogP contribution < -0.4 is 5.32 Å². The van der Waals surface area contributed by atoms with Crippen LogP contribution in [0.5, 0.6) is 0 Å². The van der Waals surface area contributed by atoms with Crippen LogP contribution in [0.15, 0.2) is 66.9 Å². The summed E-state index contributed by atoms with van der Waals surface area (Å²) in [5, 5.41) is 2.91. The molecule has 1 aliphatic rings. The summed E-state index contributed by atoms with van der Waals surface area (Å²) in [7, 11) is 0. The van der Waals surface area contributed by atoms with Crippen molar-refractivity contribution in [2.75, 3.05) is 25.0 Å². The summed E-state index contributed by atoms with van der Waals surface area (Å²) < 4.78 is 0. The van der Waals surface area contributed by atoms with Gasteiger partial charge in [-0.15, -0.1) is 0 Å². The van der Waals surface area contributed by atoms with Crippen LogP contribution in [0.4, 0.5) is 5.69 Å². The number of para-hydroxylation sites is 1. The van der Waals surface area contributed by atoms with Gasteiger partial charge in [0.05, 0.1) is 11.3 Å². The van der Waals surface area contributed by atoms with Crippen molar-refractivity contribution >= 4 is 11.6 Å². The Morgan fingerprint density at radius 1 is 1.03 bits per heavy atom. The van der Waals surface area contributed by atoms with E-state index in [-0.39, 0.29) is 5.91 Å². The topological polar surface area (TPSA) is 58.1 Å². The van der Waals surface area contributed by atoms with Gasteiger partial charge in [0.25, 0.3) is 5.91 Å². The third-order valence-electron chi connectivity index (χ3n) is 6.01. The SMILES string of the molecule is Cc1nc(C2CCN(CCCc3ccccc3)CC2)ncc1C(=O)Nc1ccccc1. The maximum atomic E-state index is 12.6. The van der Waals surface area contributed by atoms with Gasteiger partial charge in [-0.2, -0.15) is 0 Å². The lowest BCUT2D eigenvalue weighted by Gasteiger charge is -2.31. The molecular weight excluding hydrogens is 384 g/mol. The normalized spacial score (nSPS) is 15.0. The van der Waals surface area contributed by atoms with Crippen molar-refractivity contribution in [1.29, 1.82) is 0 Å². The molecule has 0 spiro atoms. The van der Waals surface area contributed by atoms with Gasteiger partial charge in [0.2, 0.25) is 0 Å². The van der Waals surface area contributed by atoms with Crippen molar-refractivity contribution in [2.45, 2.75) is 38.5 Å². The number of nitrogens with zero attached hydrogens (tertiary/aromatic N) is 3. The molecular formula is C26H30N4O. The molecule has 31 heavy (non-hydrogen) atoms. The zero-order chi connectivity index (χ0) is 21.5. The molecule has 0 aliphatic carbocycles. The third-order valence-corrected chi connectivity index (χ3v) is 6.01. The highest BCUT2D eigenvalue weighted by Gasteiger charge is 2.23. The van der Waals surface area contributed by atoms with Crippen LogP contribution in [0.1, 0.15) is 52.6 Å². The van der Waals surface area contributed by atoms with Gasteiger partial charge in [-0.1, -0.05) is 48.5 Å². The molecule has 2 aromatic carbocycles. The number of nitrogens with one attached hydrogen (secondary N) is 1. The molecule has 1 fully saturated rings. The first-order chi connectivity index (χ1) is 15.2. The molecule has 2 heterocycles. The maximum absolute atomic E-state index is 12.6. The smallest absolute Gasteiger partial charge is 0.259 e. The van der Waals surface area contributed by atoms with Gasteiger partial charge in [0.1, 0.15) is 5.82 Å². The van der Waals surface area contributed by atoms with E-state index in [0.29, 0.717) is 11.5 Å². The molecule has 4 rings (SSSR count). The number of hydrogen-bond acceptors (Lipinski definition) is 4. The second kappa shape index (κ2) is 10.3. The van der Waals surface area contributed by atoms with E-state index in [0.717, 1.165) is 56.1 Å². The summed E-state index contributed by atoms with van der Waals surface area (Å²) in [5.74, 6) is 1.08. The quantitative estimate of drug-likeness (QED) is 0.600. The number of likely N-dealkylation sites (tertiary alicyclic amines) is 1. The first-order valence-corrected chi connectivity index (χ1v) is 11.2. The first kappa shape index (κ1) is 21.2. The fourth-order valence-corrected chi connectivity index (χ4v) is 4.19. The summed E-state index contributed by atoms with van der Waals surface area (Å²) in [6.45, 7) is 5.19. The molecule has 1 saturated heterocycles. The van der Waals surface area contributed by atoms with Crippen LogP contribution in [0.2, 0.25) is 0 Å². The Hall–Kier alpha value is -3.05. The summed E-state index contributed by atoms with van der Waals surface area (Å²) >= 11 is 0. The van der Waals surface area contributed by atoms with Crippen LogP contribution in [-0.2, 0) is 6.42 Å². The predicted octanol–water partition coefficient (Wildman–Crippen LogP) is 4.85. The zero-order valence-corrected chi connectivity index (χ0v) is 18.1. The lowest BCUT2D eigenvalue weighted by Crippen LogP contribution is -2.34. The number of aromatic nitrogens is 2. The third kappa shape index (κ3) is 5.76. The molecule has 1 N–H and O–H groups in total. The Balaban J connectivity index is 1.27. The molecule has 5 nitrogen and oxygen atoms in total. The van der Waals surface area contributed by atoms with Crippen molar-refractivity contribution in [2.24, 2.45) is 0 Å². The van der Waals surface area contributed by atoms with E-state index in [1.807, 2.05) is 37.3 Å². The molecule has 1 amide bonds. The highest BCUT2D eigenvalue weighted by molar-refractivity contribution is 6.04. The zero-order valence-electron chi connectivity index (χ0n) is 18.1. The van der Waals surface area contributed by atoms with E-state index >= 15 is 0 Å². The van der Waals surface area contributed by atoms with Gasteiger partial charge in [0.15, 0.2) is 0 Å². The van der Waals surface area contributed by atoms with E-state index in [4.69, 9.17) is 4.98 Å². The van der Waals surface area contributed by atoms with Gasteiger partial charge in [-0.3, -0.25) is 4.79 Å². The molecule has 0 bridgehead atoms. The molecule has 3 aromatic rings. The Labute approximate surface area is 184 Å². The number of piperidine rings is 1. The summed E-state index contributed by atoms with van der Waals surface area (Å²) in [6.07, 6.45) is 6.15. The summed E-state index contributed by atoms with van der Waals surface area (Å²) in [5.41, 5.74) is 3.46. The van der Waals surface area contributed by atoms with Crippen molar-refractivity contribution < 1.29 is 4.79 Å². The molecule has 0 unspecified atom stereocenters. The molecule has 0 atom stereocenters. The van der Waals surface area contributed by atoms with E-state index in [2.05, 4.69) is 45.5 Å². The van der Waals surface area contributed by atoms with Crippen LogP contribution in [-0.4, -0.2) is 40.4 Å². The number of carbonyl (C=O) groups is 1. The standard InChI is InChI=1S/C26H30N4O/c1-20-24(26(31)29-23-12-6-3-7-13-23)19-27-25(28-20)22-14-17-30(18-15-22)16-8-11-21-9-4-2-5-10-21/h2-7,9-10,12-13,19,22H,8,11,14-18H2,1H3,(H,29,31). The Kier molecular flexibility index (Phi) is 7.05. The van der Waals surface area contributed by atoms with E-state index in [1.54, 1.807) is 6.20 Å². The molecule has 1 aliphatic heterocycles. The second-order valence-corrected chi connectivity index (χ2v) is 8.25. The number of amides is 1. The van der Waals surface area contributed by atoms with Gasteiger partial charge in [0, 0.05) is 17.8 Å². The van der Waals surface area contributed by atoms with E-state index < -0.39 is 0 Å². The minimum Gasteiger partial charge on any atom is -0.322 e. The number of carbonyl (C=O) groups excluding carboxylic acids is 1. The lowest BCUT2D eigenvalue weighted by atomic mass is 9.95. The Morgan fingerprint density at radius 2 is 1.71 bits per heavy atom. The Morgan fingerprint density at radius 3 is 2.39 bits per heavy atom. The number of hydrogen-bond donors (Lipinski definition) is 1. The van der Waals surface area contributed by atoms with Crippen LogP contribution in [0.3, 0.4) is 0 Å². The molecule has 5 heteroatoms. The fraction of sp³-hybridized carbons (Fsp3) is 0.346. The van der Waals surface area contributed by atoms with E-state index in [9.17, 15) is 4.79 Å². The molecule has 0 radical (unpaired) electrons. The van der Waals surface area contributed by atoms with Crippen LogP contribution in [0.25, 0.3) is 0 Å². The van der Waals surface area contributed by atoms with Crippen LogP contribution >= 0.6 is 0 Å². The molecule has 1 aromatic heterocycles.